The molecule has 0 saturated heterocycles. The number of amides is 1. The van der Waals surface area contributed by atoms with Gasteiger partial charge in [-0.15, -0.1) is 6.58 Å². The van der Waals surface area contributed by atoms with Gasteiger partial charge in [0.05, 0.1) is 6.61 Å². The minimum atomic E-state index is -0.798. The smallest absolute Gasteiger partial charge is 0.396 e. The molecule has 21 heavy (non-hydrogen) atoms. The van der Waals surface area contributed by atoms with Gasteiger partial charge < -0.3 is 10.1 Å². The standard InChI is InChI=1S/C17H31NO3/c1-3-5-6-7-8-9-10-11-12-13-15-21-17(20)16(19)18-14-4-2/h4H,2-3,5-15H2,1H3,(H,18,19). The van der Waals surface area contributed by atoms with E-state index in [9.17, 15) is 9.59 Å². The molecule has 0 radical (unpaired) electrons. The van der Waals surface area contributed by atoms with Crippen LogP contribution >= 0.6 is 0 Å². The molecule has 122 valence electrons. The van der Waals surface area contributed by atoms with E-state index in [1.807, 2.05) is 0 Å². The summed E-state index contributed by atoms with van der Waals surface area (Å²) in [5.74, 6) is -1.49. The van der Waals surface area contributed by atoms with Crippen LogP contribution in [0.3, 0.4) is 0 Å². The molecule has 0 saturated carbocycles. The van der Waals surface area contributed by atoms with Crippen molar-refractivity contribution in [3.63, 3.8) is 0 Å². The average molecular weight is 297 g/mol. The summed E-state index contributed by atoms with van der Waals surface area (Å²) in [5.41, 5.74) is 0. The van der Waals surface area contributed by atoms with Gasteiger partial charge in [-0.3, -0.25) is 4.79 Å². The Balaban J connectivity index is 3.26. The predicted molar refractivity (Wildman–Crippen MR) is 86.0 cm³/mol. The number of esters is 1. The van der Waals surface area contributed by atoms with Crippen molar-refractivity contribution in [2.45, 2.75) is 71.1 Å². The Hall–Kier alpha value is -1.32. The number of carbonyl (C=O) groups excluding carboxylic acids is 2. The predicted octanol–water partition coefficient (Wildman–Crippen LogP) is 3.75. The Morgan fingerprint density at radius 1 is 0.952 bits per heavy atom. The van der Waals surface area contributed by atoms with E-state index in [4.69, 9.17) is 4.74 Å². The number of carbonyl (C=O) groups is 2. The third kappa shape index (κ3) is 13.4. The Bertz CT molecular complexity index is 290. The van der Waals surface area contributed by atoms with E-state index in [2.05, 4.69) is 18.8 Å². The van der Waals surface area contributed by atoms with Crippen molar-refractivity contribution < 1.29 is 14.3 Å². The number of unbranched alkanes of at least 4 members (excludes halogenated alkanes) is 9. The molecule has 0 bridgehead atoms. The highest BCUT2D eigenvalue weighted by atomic mass is 16.5. The van der Waals surface area contributed by atoms with Gasteiger partial charge in [-0.1, -0.05) is 70.8 Å². The molecule has 1 amide bonds. The Morgan fingerprint density at radius 2 is 1.48 bits per heavy atom. The third-order valence-electron chi connectivity index (χ3n) is 3.32. The van der Waals surface area contributed by atoms with E-state index in [-0.39, 0.29) is 6.54 Å². The molecule has 4 heteroatoms. The molecule has 0 unspecified atom stereocenters. The van der Waals surface area contributed by atoms with Gasteiger partial charge in [0, 0.05) is 6.54 Å². The zero-order valence-electron chi connectivity index (χ0n) is 13.5. The molecule has 0 aromatic rings. The lowest BCUT2D eigenvalue weighted by Crippen LogP contribution is -2.32. The van der Waals surface area contributed by atoms with Crippen LogP contribution in [0.2, 0.25) is 0 Å². The number of hydrogen-bond donors (Lipinski definition) is 1. The van der Waals surface area contributed by atoms with Crippen molar-refractivity contribution in [1.82, 2.24) is 5.32 Å². The fraction of sp³-hybridized carbons (Fsp3) is 0.765. The molecule has 0 aromatic carbocycles. The van der Waals surface area contributed by atoms with Crippen LogP contribution in [0.5, 0.6) is 0 Å². The summed E-state index contributed by atoms with van der Waals surface area (Å²) in [6, 6.07) is 0. The molecule has 0 rings (SSSR count). The first kappa shape index (κ1) is 19.7. The number of ether oxygens (including phenoxy) is 1. The monoisotopic (exact) mass is 297 g/mol. The van der Waals surface area contributed by atoms with Crippen LogP contribution in [0.25, 0.3) is 0 Å². The SMILES string of the molecule is C=CCNC(=O)C(=O)OCCCCCCCCCCCC. The largest absolute Gasteiger partial charge is 0.459 e. The van der Waals surface area contributed by atoms with Crippen LogP contribution < -0.4 is 5.32 Å². The number of hydrogen-bond acceptors (Lipinski definition) is 3. The lowest BCUT2D eigenvalue weighted by atomic mass is 10.1. The Kier molecular flexibility index (Phi) is 14.1. The van der Waals surface area contributed by atoms with Crippen molar-refractivity contribution in [2.75, 3.05) is 13.2 Å². The first-order chi connectivity index (χ1) is 10.2. The van der Waals surface area contributed by atoms with E-state index < -0.39 is 11.9 Å². The summed E-state index contributed by atoms with van der Waals surface area (Å²) in [7, 11) is 0. The normalized spacial score (nSPS) is 10.1. The van der Waals surface area contributed by atoms with Gasteiger partial charge in [0.15, 0.2) is 0 Å². The van der Waals surface area contributed by atoms with Crippen LogP contribution in [-0.4, -0.2) is 25.0 Å². The first-order valence-electron chi connectivity index (χ1n) is 8.28. The zero-order valence-corrected chi connectivity index (χ0v) is 13.5. The highest BCUT2D eigenvalue weighted by Crippen LogP contribution is 2.10. The summed E-state index contributed by atoms with van der Waals surface area (Å²) in [6.07, 6.45) is 13.8. The molecular formula is C17H31NO3. The van der Waals surface area contributed by atoms with E-state index in [0.29, 0.717) is 6.61 Å². The molecule has 0 atom stereocenters. The maximum Gasteiger partial charge on any atom is 0.396 e. The van der Waals surface area contributed by atoms with E-state index in [0.717, 1.165) is 12.8 Å². The second-order valence-corrected chi connectivity index (χ2v) is 5.32. The fourth-order valence-corrected chi connectivity index (χ4v) is 2.06. The molecule has 0 aliphatic carbocycles. The second kappa shape index (κ2) is 15.1. The second-order valence-electron chi connectivity index (χ2n) is 5.32. The fourth-order valence-electron chi connectivity index (χ4n) is 2.06. The first-order valence-corrected chi connectivity index (χ1v) is 8.28. The van der Waals surface area contributed by atoms with Gasteiger partial charge in [0.2, 0.25) is 0 Å². The lowest BCUT2D eigenvalue weighted by Gasteiger charge is -2.05. The van der Waals surface area contributed by atoms with Gasteiger partial charge in [-0.2, -0.15) is 0 Å². The molecule has 0 spiro atoms. The molecular weight excluding hydrogens is 266 g/mol. The molecule has 1 N–H and O–H groups in total. The quantitative estimate of drug-likeness (QED) is 0.244. The van der Waals surface area contributed by atoms with Crippen LogP contribution in [0.4, 0.5) is 0 Å². The highest BCUT2D eigenvalue weighted by Gasteiger charge is 2.13. The van der Waals surface area contributed by atoms with Crippen LogP contribution in [-0.2, 0) is 14.3 Å². The van der Waals surface area contributed by atoms with Crippen molar-refractivity contribution in [2.24, 2.45) is 0 Å². The van der Waals surface area contributed by atoms with Gasteiger partial charge in [0.25, 0.3) is 0 Å². The molecule has 0 heterocycles. The van der Waals surface area contributed by atoms with Crippen LogP contribution in [0.15, 0.2) is 12.7 Å². The summed E-state index contributed by atoms with van der Waals surface area (Å²) >= 11 is 0. The topological polar surface area (TPSA) is 55.4 Å². The van der Waals surface area contributed by atoms with Crippen LogP contribution in [0.1, 0.15) is 71.1 Å². The summed E-state index contributed by atoms with van der Waals surface area (Å²) in [4.78, 5) is 22.4. The van der Waals surface area contributed by atoms with Gasteiger partial charge in [-0.25, -0.2) is 4.79 Å². The van der Waals surface area contributed by atoms with Crippen molar-refractivity contribution in [3.05, 3.63) is 12.7 Å². The third-order valence-corrected chi connectivity index (χ3v) is 3.32. The maximum atomic E-state index is 11.2. The van der Waals surface area contributed by atoms with E-state index in [1.165, 1.54) is 57.4 Å². The zero-order chi connectivity index (χ0) is 15.8. The van der Waals surface area contributed by atoms with Crippen molar-refractivity contribution >= 4 is 11.9 Å². The van der Waals surface area contributed by atoms with Gasteiger partial charge >= 0.3 is 11.9 Å². The minimum absolute atomic E-state index is 0.284. The summed E-state index contributed by atoms with van der Waals surface area (Å²) in [5, 5.41) is 2.39. The molecule has 0 fully saturated rings. The summed E-state index contributed by atoms with van der Waals surface area (Å²) in [6.45, 7) is 6.30. The van der Waals surface area contributed by atoms with E-state index >= 15 is 0 Å². The molecule has 0 aliphatic rings. The Labute approximate surface area is 129 Å². The van der Waals surface area contributed by atoms with Crippen molar-refractivity contribution in [1.29, 1.82) is 0 Å². The van der Waals surface area contributed by atoms with Gasteiger partial charge in [0.1, 0.15) is 0 Å². The van der Waals surface area contributed by atoms with Crippen LogP contribution in [0, 0.1) is 0 Å². The minimum Gasteiger partial charge on any atom is -0.459 e. The van der Waals surface area contributed by atoms with Gasteiger partial charge in [-0.05, 0) is 6.42 Å². The maximum absolute atomic E-state index is 11.2. The molecule has 0 aliphatic heterocycles. The molecule has 4 nitrogen and oxygen atoms in total. The molecule has 0 aromatic heterocycles. The van der Waals surface area contributed by atoms with E-state index in [1.54, 1.807) is 0 Å². The average Bonchev–Trinajstić information content (AvgIpc) is 2.49. The lowest BCUT2D eigenvalue weighted by molar-refractivity contribution is -0.154. The number of rotatable bonds is 13. The summed E-state index contributed by atoms with van der Waals surface area (Å²) < 4.78 is 4.89. The van der Waals surface area contributed by atoms with Crippen molar-refractivity contribution in [3.8, 4) is 0 Å². The number of nitrogens with one attached hydrogen (secondary N) is 1. The Morgan fingerprint density at radius 3 is 2.00 bits per heavy atom. The highest BCUT2D eigenvalue weighted by molar-refractivity contribution is 6.32.